The van der Waals surface area contributed by atoms with Crippen molar-refractivity contribution in [1.82, 2.24) is 5.32 Å². The molecule has 0 spiro atoms. The number of carboxylic acids is 3. The van der Waals surface area contributed by atoms with Crippen molar-refractivity contribution in [3.05, 3.63) is 29.8 Å². The van der Waals surface area contributed by atoms with Crippen LogP contribution in [0.15, 0.2) is 29.2 Å². The summed E-state index contributed by atoms with van der Waals surface area (Å²) >= 11 is 8.60. The summed E-state index contributed by atoms with van der Waals surface area (Å²) in [5, 5.41) is 28.9. The maximum absolute atomic E-state index is 12.4. The second-order valence-electron chi connectivity index (χ2n) is 5.31. The molecule has 1 aromatic carbocycles. The SMILES string of the molecule is O=C(NC(CC(C(=O)O)C(=O)O)C(=O)O)c1cccc(S(=O)(=O)C(Br)(Br)Br)c1. The average Bonchev–Trinajstić information content (AvgIpc) is 2.56. The third-order valence-corrected chi connectivity index (χ3v) is 8.70. The van der Waals surface area contributed by atoms with Gasteiger partial charge in [-0.05, 0) is 66.0 Å². The van der Waals surface area contributed by atoms with Crippen LogP contribution < -0.4 is 5.32 Å². The molecule has 1 unspecified atom stereocenters. The number of sulfone groups is 1. The van der Waals surface area contributed by atoms with Crippen molar-refractivity contribution in [3.63, 3.8) is 0 Å². The Morgan fingerprint density at radius 2 is 1.54 bits per heavy atom. The smallest absolute Gasteiger partial charge is 0.326 e. The van der Waals surface area contributed by atoms with Crippen LogP contribution >= 0.6 is 47.8 Å². The quantitative estimate of drug-likeness (QED) is 0.252. The van der Waals surface area contributed by atoms with Crippen LogP contribution in [0.4, 0.5) is 0 Å². The van der Waals surface area contributed by atoms with Gasteiger partial charge < -0.3 is 20.6 Å². The number of hydrogen-bond donors (Lipinski definition) is 4. The van der Waals surface area contributed by atoms with E-state index in [4.69, 9.17) is 15.3 Å². The van der Waals surface area contributed by atoms with E-state index < -0.39 is 53.5 Å². The van der Waals surface area contributed by atoms with E-state index in [2.05, 4.69) is 47.8 Å². The van der Waals surface area contributed by atoms with Crippen LogP contribution in [0.1, 0.15) is 16.8 Å². The van der Waals surface area contributed by atoms with E-state index >= 15 is 0 Å². The van der Waals surface area contributed by atoms with Crippen molar-refractivity contribution in [3.8, 4) is 0 Å². The zero-order valence-corrected chi connectivity index (χ0v) is 19.1. The van der Waals surface area contributed by atoms with Gasteiger partial charge in [0.15, 0.2) is 5.92 Å². The van der Waals surface area contributed by atoms with Crippen molar-refractivity contribution in [2.75, 3.05) is 0 Å². The Hall–Kier alpha value is -1.51. The first-order valence-corrected chi connectivity index (χ1v) is 11.0. The number of hydrogen-bond acceptors (Lipinski definition) is 6. The molecule has 0 heterocycles. The normalized spacial score (nSPS) is 13.0. The van der Waals surface area contributed by atoms with Gasteiger partial charge in [0.1, 0.15) is 6.04 Å². The Labute approximate surface area is 183 Å². The van der Waals surface area contributed by atoms with Gasteiger partial charge in [-0.15, -0.1) is 0 Å². The molecule has 0 fully saturated rings. The Morgan fingerprint density at radius 3 is 1.96 bits per heavy atom. The molecule has 1 rings (SSSR count). The minimum atomic E-state index is -4.02. The van der Waals surface area contributed by atoms with Crippen molar-refractivity contribution < 1.29 is 42.9 Å². The second-order valence-corrected chi connectivity index (χ2v) is 15.7. The van der Waals surface area contributed by atoms with E-state index in [1.54, 1.807) is 0 Å². The van der Waals surface area contributed by atoms with E-state index in [-0.39, 0.29) is 10.5 Å². The first-order chi connectivity index (χ1) is 12.7. The molecule has 0 aliphatic carbocycles. The minimum absolute atomic E-state index is 0.230. The van der Waals surface area contributed by atoms with Crippen LogP contribution in [0.3, 0.4) is 0 Å². The number of aliphatic carboxylic acids is 3. The third kappa shape index (κ3) is 5.99. The van der Waals surface area contributed by atoms with E-state index in [9.17, 15) is 27.6 Å². The molecular formula is C14H12Br3NO9S. The monoisotopic (exact) mass is 607 g/mol. The molecule has 1 aromatic rings. The topological polar surface area (TPSA) is 175 Å². The lowest BCUT2D eigenvalue weighted by Gasteiger charge is -2.17. The largest absolute Gasteiger partial charge is 0.481 e. The molecule has 0 aliphatic heterocycles. The molecule has 0 saturated carbocycles. The molecule has 0 radical (unpaired) electrons. The Morgan fingerprint density at radius 1 is 1.00 bits per heavy atom. The van der Waals surface area contributed by atoms with Crippen molar-refractivity contribution in [1.29, 1.82) is 0 Å². The average molecular weight is 610 g/mol. The fraction of sp³-hybridized carbons (Fsp3) is 0.286. The summed E-state index contributed by atoms with van der Waals surface area (Å²) in [5.41, 5.74) is -0.230. The summed E-state index contributed by atoms with van der Waals surface area (Å²) in [5.74, 6) is -8.24. The number of halogens is 3. The van der Waals surface area contributed by atoms with Gasteiger partial charge in [-0.25, -0.2) is 13.2 Å². The lowest BCUT2D eigenvalue weighted by molar-refractivity contribution is -0.155. The maximum atomic E-state index is 12.4. The molecule has 0 aromatic heterocycles. The molecule has 1 amide bonds. The molecule has 154 valence electrons. The lowest BCUT2D eigenvalue weighted by atomic mass is 9.99. The van der Waals surface area contributed by atoms with E-state index in [0.29, 0.717) is 0 Å². The number of amides is 1. The first kappa shape index (κ1) is 24.5. The number of alkyl halides is 3. The summed E-state index contributed by atoms with van der Waals surface area (Å²) in [6.45, 7) is 0. The number of benzene rings is 1. The van der Waals surface area contributed by atoms with Gasteiger partial charge in [0.2, 0.25) is 11.3 Å². The Balaban J connectivity index is 3.14. The summed E-state index contributed by atoms with van der Waals surface area (Å²) in [7, 11) is -4.02. The van der Waals surface area contributed by atoms with Crippen molar-refractivity contribution >= 4 is 81.4 Å². The Kier molecular flexibility index (Phi) is 8.17. The molecule has 1 atom stereocenters. The first-order valence-electron chi connectivity index (χ1n) is 7.09. The number of rotatable bonds is 8. The summed E-state index contributed by atoms with van der Waals surface area (Å²) < 4.78 is 23.0. The van der Waals surface area contributed by atoms with Crippen LogP contribution in [0.5, 0.6) is 0 Å². The zero-order valence-electron chi connectivity index (χ0n) is 13.5. The lowest BCUT2D eigenvalue weighted by Crippen LogP contribution is -2.44. The third-order valence-electron chi connectivity index (χ3n) is 3.38. The maximum Gasteiger partial charge on any atom is 0.326 e. The van der Waals surface area contributed by atoms with Crippen molar-refractivity contribution in [2.45, 2.75) is 18.8 Å². The molecular weight excluding hydrogens is 598 g/mol. The fourth-order valence-electron chi connectivity index (χ4n) is 1.94. The zero-order chi connectivity index (χ0) is 21.9. The van der Waals surface area contributed by atoms with Gasteiger partial charge in [0.05, 0.1) is 4.90 Å². The van der Waals surface area contributed by atoms with E-state index in [1.807, 2.05) is 5.32 Å². The highest BCUT2D eigenvalue weighted by molar-refractivity contribution is 9.42. The van der Waals surface area contributed by atoms with Crippen LogP contribution in [0.25, 0.3) is 0 Å². The molecule has 0 aliphatic rings. The molecule has 4 N–H and O–H groups in total. The van der Waals surface area contributed by atoms with Crippen molar-refractivity contribution in [2.24, 2.45) is 5.92 Å². The standard InChI is InChI=1S/C14H12Br3NO9S/c15-14(16,17)28(26,27)7-3-1-2-6(4-7)10(19)18-9(13(24)25)5-8(11(20)21)12(22)23/h1-4,8-9H,5H2,(H,18,19)(H,20,21)(H,22,23)(H,24,25). The highest BCUT2D eigenvalue weighted by Gasteiger charge is 2.38. The van der Waals surface area contributed by atoms with Crippen LogP contribution in [0, 0.1) is 5.92 Å². The van der Waals surface area contributed by atoms with E-state index in [1.165, 1.54) is 18.2 Å². The van der Waals surface area contributed by atoms with Gasteiger partial charge in [-0.1, -0.05) is 6.07 Å². The van der Waals surface area contributed by atoms with Crippen LogP contribution in [-0.4, -0.2) is 55.1 Å². The molecule has 10 nitrogen and oxygen atoms in total. The minimum Gasteiger partial charge on any atom is -0.481 e. The highest BCUT2D eigenvalue weighted by atomic mass is 80.0. The highest BCUT2D eigenvalue weighted by Crippen LogP contribution is 2.43. The number of carbonyl (C=O) groups is 4. The van der Waals surface area contributed by atoms with Gasteiger partial charge in [-0.2, -0.15) is 0 Å². The second kappa shape index (κ2) is 9.33. The Bertz CT molecular complexity index is 897. The van der Waals surface area contributed by atoms with Gasteiger partial charge in [0.25, 0.3) is 5.91 Å². The van der Waals surface area contributed by atoms with E-state index in [0.717, 1.165) is 6.07 Å². The predicted molar refractivity (Wildman–Crippen MR) is 105 cm³/mol. The number of carbonyl (C=O) groups excluding carboxylic acids is 1. The summed E-state index contributed by atoms with van der Waals surface area (Å²) in [6.07, 6.45) is -0.906. The summed E-state index contributed by atoms with van der Waals surface area (Å²) in [4.78, 5) is 45.2. The van der Waals surface area contributed by atoms with Crippen LogP contribution in [0.2, 0.25) is 0 Å². The summed E-state index contributed by atoms with van der Waals surface area (Å²) in [6, 6.07) is 2.80. The van der Waals surface area contributed by atoms with Gasteiger partial charge in [0, 0.05) is 12.0 Å². The predicted octanol–water partition coefficient (Wildman–Crippen LogP) is 1.61. The van der Waals surface area contributed by atoms with Gasteiger partial charge >= 0.3 is 17.9 Å². The van der Waals surface area contributed by atoms with Gasteiger partial charge in [-0.3, -0.25) is 14.4 Å². The molecule has 0 bridgehead atoms. The number of nitrogens with one attached hydrogen (secondary N) is 1. The molecule has 28 heavy (non-hydrogen) atoms. The number of carboxylic acid groups (broad SMARTS) is 3. The molecule has 0 saturated heterocycles. The molecule has 14 heteroatoms. The van der Waals surface area contributed by atoms with Crippen LogP contribution in [-0.2, 0) is 24.2 Å². The fourth-order valence-corrected chi connectivity index (χ4v) is 4.43.